The molecule has 0 amide bonds. The second-order valence-electron chi connectivity index (χ2n) is 3.13. The topological polar surface area (TPSA) is 7.12 Å². The fourth-order valence-electron chi connectivity index (χ4n) is 1.49. The first-order valence-electron chi connectivity index (χ1n) is 4.54. The first kappa shape index (κ1) is 8.50. The fourth-order valence-corrected chi connectivity index (χ4v) is 2.52. The second-order valence-corrected chi connectivity index (χ2v) is 4.35. The molecule has 13 heavy (non-hydrogen) atoms. The Morgan fingerprint density at radius 3 is 3.08 bits per heavy atom. The van der Waals surface area contributed by atoms with Crippen LogP contribution in [-0.4, -0.2) is 21.0 Å². The zero-order valence-electron chi connectivity index (χ0n) is 7.99. The van der Waals surface area contributed by atoms with E-state index in [1.54, 1.807) is 0 Å². The molecule has 0 saturated heterocycles. The summed E-state index contributed by atoms with van der Waals surface area (Å²) < 4.78 is 4.67. The van der Waals surface area contributed by atoms with Crippen molar-refractivity contribution in [2.24, 2.45) is 0 Å². The third-order valence-corrected chi connectivity index (χ3v) is 3.75. The van der Waals surface area contributed by atoms with Crippen LogP contribution < -0.4 is 4.23 Å². The minimum absolute atomic E-state index is 0.726. The van der Waals surface area contributed by atoms with Gasteiger partial charge in [0.1, 0.15) is 6.20 Å². The second kappa shape index (κ2) is 3.34. The minimum Gasteiger partial charge on any atom is -0.341 e. The van der Waals surface area contributed by atoms with Crippen LogP contribution in [0.1, 0.15) is 19.5 Å². The van der Waals surface area contributed by atoms with Gasteiger partial charge >= 0.3 is 9.84 Å². The molecule has 0 aliphatic carbocycles. The molecule has 2 heterocycles. The van der Waals surface area contributed by atoms with Gasteiger partial charge in [0.25, 0.3) is 0 Å². The molecule has 66 valence electrons. The van der Waals surface area contributed by atoms with Crippen LogP contribution in [0.2, 0.25) is 0 Å². The summed E-state index contributed by atoms with van der Waals surface area (Å²) in [4.78, 5) is 0. The Hall–Kier alpha value is -1.09. The van der Waals surface area contributed by atoms with Gasteiger partial charge in [-0.3, -0.25) is 0 Å². The number of rotatable bonds is 1. The van der Waals surface area contributed by atoms with Gasteiger partial charge in [0.2, 0.25) is 0 Å². The van der Waals surface area contributed by atoms with Crippen molar-refractivity contribution >= 4 is 15.9 Å². The van der Waals surface area contributed by atoms with Gasteiger partial charge in [0.15, 0.2) is 5.69 Å². The molecule has 1 aliphatic rings. The maximum atomic E-state index is 2.38. The maximum absolute atomic E-state index is 2.38. The molecule has 1 aromatic heterocycles. The zero-order chi connectivity index (χ0) is 9.26. The van der Waals surface area contributed by atoms with E-state index >= 15 is 0 Å². The van der Waals surface area contributed by atoms with Crippen LogP contribution in [0.4, 0.5) is 0 Å². The number of fused-ring (bicyclic) bond motifs is 1. The van der Waals surface area contributed by atoms with E-state index in [1.165, 1.54) is 11.4 Å². The molecule has 0 fully saturated rings. The van der Waals surface area contributed by atoms with E-state index in [1.807, 2.05) is 0 Å². The quantitative estimate of drug-likeness (QED) is 0.599. The molecule has 2 rings (SSSR count). The van der Waals surface area contributed by atoms with Crippen LogP contribution in [-0.2, 0) is 0 Å². The molecule has 0 spiro atoms. The molecule has 2 radical (unpaired) electrons. The number of nitrogens with zero attached hydrogens (tertiary/aromatic N) is 2. The average molecular weight is 189 g/mol. The smallest absolute Gasteiger partial charge is 0.341 e. The summed E-state index contributed by atoms with van der Waals surface area (Å²) in [6.07, 6.45) is 4.37. The summed E-state index contributed by atoms with van der Waals surface area (Å²) in [5.74, 6) is 0. The van der Waals surface area contributed by atoms with E-state index in [0.717, 1.165) is 16.4 Å². The van der Waals surface area contributed by atoms with Crippen LogP contribution in [0.15, 0.2) is 30.1 Å². The summed E-state index contributed by atoms with van der Waals surface area (Å²) in [5.41, 5.74) is 2.68. The van der Waals surface area contributed by atoms with Crippen LogP contribution in [0, 0.1) is 0 Å². The lowest BCUT2D eigenvalue weighted by Crippen LogP contribution is -2.54. The highest BCUT2D eigenvalue weighted by Crippen LogP contribution is 2.09. The molecule has 2 nitrogen and oxygen atoms in total. The third-order valence-electron chi connectivity index (χ3n) is 2.22. The fraction of sp³-hybridized carbons (Fsp3) is 0.300. The van der Waals surface area contributed by atoms with Crippen molar-refractivity contribution in [2.75, 3.05) is 6.54 Å². The van der Waals surface area contributed by atoms with Gasteiger partial charge in [-0.1, -0.05) is 0 Å². The summed E-state index contributed by atoms with van der Waals surface area (Å²) in [6.45, 7) is 5.45. The Kier molecular flexibility index (Phi) is 2.18. The molecule has 0 unspecified atom stereocenters. The van der Waals surface area contributed by atoms with Gasteiger partial charge in [0.05, 0.1) is 0 Å². The predicted octanol–water partition coefficient (Wildman–Crippen LogP) is 1.05. The van der Waals surface area contributed by atoms with Gasteiger partial charge in [0, 0.05) is 30.5 Å². The zero-order valence-corrected chi connectivity index (χ0v) is 8.99. The molecular formula is C10H13N2Si+. The summed E-state index contributed by atoms with van der Waals surface area (Å²) in [6, 6.07) is 6.32. The molecule has 1 aromatic rings. The van der Waals surface area contributed by atoms with Crippen molar-refractivity contribution in [2.45, 2.75) is 13.8 Å². The number of hydrogen-bond acceptors (Lipinski definition) is 1. The summed E-state index contributed by atoms with van der Waals surface area (Å²) in [7, 11) is 0.726. The Labute approximate surface area is 81.5 Å². The van der Waals surface area contributed by atoms with Gasteiger partial charge in [-0.05, 0) is 19.9 Å². The highest BCUT2D eigenvalue weighted by molar-refractivity contribution is 6.22. The van der Waals surface area contributed by atoms with Crippen molar-refractivity contribution in [3.63, 3.8) is 0 Å². The lowest BCUT2D eigenvalue weighted by Gasteiger charge is -2.20. The number of allylic oxidation sites excluding steroid dienone is 1. The summed E-state index contributed by atoms with van der Waals surface area (Å²) in [5, 5.41) is 0. The lowest BCUT2D eigenvalue weighted by molar-refractivity contribution is -0.539. The maximum Gasteiger partial charge on any atom is 0.650 e. The highest BCUT2D eigenvalue weighted by Gasteiger charge is 2.24. The van der Waals surface area contributed by atoms with Gasteiger partial charge < -0.3 is 4.57 Å². The highest BCUT2D eigenvalue weighted by atomic mass is 28.2. The standard InChI is InChI=1S/C10H13N2Si/c1-3-11-9(2)8-10-6-4-5-7-12(10)13-11/h4-8H,3H2,1-2H3/q+1. The van der Waals surface area contributed by atoms with Gasteiger partial charge in [-0.25, -0.2) is 4.23 Å². The van der Waals surface area contributed by atoms with Gasteiger partial charge in [-0.15, -0.1) is 0 Å². The molecule has 0 aromatic carbocycles. The van der Waals surface area contributed by atoms with Crippen LogP contribution in [0.3, 0.4) is 0 Å². The van der Waals surface area contributed by atoms with Crippen molar-refractivity contribution in [3.05, 3.63) is 35.8 Å². The number of hydrogen-bond donors (Lipinski definition) is 0. The molecular weight excluding hydrogens is 176 g/mol. The van der Waals surface area contributed by atoms with Crippen molar-refractivity contribution < 1.29 is 4.23 Å². The average Bonchev–Trinajstić information content (AvgIpc) is 2.17. The predicted molar refractivity (Wildman–Crippen MR) is 53.8 cm³/mol. The molecule has 0 N–H and O–H groups in total. The van der Waals surface area contributed by atoms with Crippen molar-refractivity contribution in [3.8, 4) is 0 Å². The summed E-state index contributed by atoms with van der Waals surface area (Å²) >= 11 is 0. The van der Waals surface area contributed by atoms with E-state index in [0.29, 0.717) is 0 Å². The van der Waals surface area contributed by atoms with Crippen LogP contribution in [0.5, 0.6) is 0 Å². The third kappa shape index (κ3) is 1.51. The monoisotopic (exact) mass is 189 g/mol. The first-order valence-corrected chi connectivity index (χ1v) is 5.44. The van der Waals surface area contributed by atoms with Gasteiger partial charge in [-0.2, -0.15) is 0 Å². The Bertz CT molecular complexity index is 347. The Morgan fingerprint density at radius 2 is 2.31 bits per heavy atom. The molecule has 1 aliphatic heterocycles. The molecule has 0 bridgehead atoms. The van der Waals surface area contributed by atoms with E-state index in [4.69, 9.17) is 0 Å². The first-order chi connectivity index (χ1) is 6.31. The minimum atomic E-state index is 0.726. The SMILES string of the molecule is CCN1[Si][n+]2ccccc2C=C1C. The van der Waals surface area contributed by atoms with E-state index in [9.17, 15) is 0 Å². The molecule has 0 saturated carbocycles. The molecule has 0 atom stereocenters. The van der Waals surface area contributed by atoms with E-state index in [-0.39, 0.29) is 0 Å². The number of pyridine rings is 1. The largest absolute Gasteiger partial charge is 0.650 e. The van der Waals surface area contributed by atoms with E-state index in [2.05, 4.69) is 53.1 Å². The van der Waals surface area contributed by atoms with Crippen molar-refractivity contribution in [1.29, 1.82) is 0 Å². The van der Waals surface area contributed by atoms with Crippen LogP contribution >= 0.6 is 0 Å². The van der Waals surface area contributed by atoms with E-state index < -0.39 is 0 Å². The normalized spacial score (nSPS) is 15.2. The molecule has 3 heteroatoms. The Morgan fingerprint density at radius 1 is 1.46 bits per heavy atom. The number of aromatic nitrogens is 1. The van der Waals surface area contributed by atoms with Crippen molar-refractivity contribution in [1.82, 2.24) is 4.57 Å². The van der Waals surface area contributed by atoms with Crippen LogP contribution in [0.25, 0.3) is 6.08 Å². The Balaban J connectivity index is 2.40. The lowest BCUT2D eigenvalue weighted by atomic mass is 10.3.